The average molecular weight is 287 g/mol. The lowest BCUT2D eigenvalue weighted by Crippen LogP contribution is -2.12. The van der Waals surface area contributed by atoms with Crippen molar-refractivity contribution in [2.24, 2.45) is 5.73 Å². The van der Waals surface area contributed by atoms with E-state index in [1.54, 1.807) is 0 Å². The Labute approximate surface area is 124 Å². The van der Waals surface area contributed by atoms with Crippen LogP contribution in [0.1, 0.15) is 31.5 Å². The smallest absolute Gasteiger partial charge is 0.224 e. The minimum Gasteiger partial charge on any atom is -0.330 e. The second kappa shape index (κ2) is 7.54. The number of rotatable bonds is 7. The molecular weight excluding hydrogens is 266 g/mol. The zero-order chi connectivity index (χ0) is 15.1. The van der Waals surface area contributed by atoms with Crippen LogP contribution in [-0.2, 0) is 4.79 Å². The van der Waals surface area contributed by atoms with Crippen LogP contribution in [-0.4, -0.2) is 27.6 Å². The molecule has 0 saturated carbocycles. The van der Waals surface area contributed by atoms with Crippen molar-refractivity contribution < 1.29 is 4.79 Å². The van der Waals surface area contributed by atoms with Gasteiger partial charge in [0.1, 0.15) is 5.82 Å². The molecule has 2 rings (SSSR count). The maximum absolute atomic E-state index is 12.0. The molecule has 0 spiro atoms. The van der Waals surface area contributed by atoms with Crippen molar-refractivity contribution in [1.29, 1.82) is 0 Å². The first-order valence-corrected chi connectivity index (χ1v) is 7.19. The van der Waals surface area contributed by atoms with Gasteiger partial charge in [0.15, 0.2) is 5.82 Å². The van der Waals surface area contributed by atoms with Gasteiger partial charge in [-0.2, -0.15) is 5.10 Å². The summed E-state index contributed by atoms with van der Waals surface area (Å²) in [5.41, 5.74) is 6.99. The number of H-pyrrole nitrogens is 1. The summed E-state index contributed by atoms with van der Waals surface area (Å²) in [6.07, 6.45) is 3.29. The Morgan fingerprint density at radius 2 is 2.10 bits per heavy atom. The molecule has 21 heavy (non-hydrogen) atoms. The Morgan fingerprint density at radius 3 is 2.81 bits per heavy atom. The number of nitrogens with zero attached hydrogens (tertiary/aromatic N) is 2. The maximum atomic E-state index is 12.0. The lowest BCUT2D eigenvalue weighted by atomic mass is 10.1. The van der Waals surface area contributed by atoms with Crippen molar-refractivity contribution in [2.75, 3.05) is 11.9 Å². The highest BCUT2D eigenvalue weighted by atomic mass is 16.1. The summed E-state index contributed by atoms with van der Waals surface area (Å²) in [5.74, 6) is 1.34. The summed E-state index contributed by atoms with van der Waals surface area (Å²) in [5, 5.41) is 9.88. The molecule has 0 unspecified atom stereocenters. The van der Waals surface area contributed by atoms with Crippen LogP contribution in [0.2, 0.25) is 0 Å². The van der Waals surface area contributed by atoms with Gasteiger partial charge in [-0.05, 0) is 38.4 Å². The molecule has 0 fully saturated rings. The van der Waals surface area contributed by atoms with Gasteiger partial charge < -0.3 is 11.1 Å². The molecule has 112 valence electrons. The molecule has 0 saturated heterocycles. The topological polar surface area (TPSA) is 96.7 Å². The number of anilines is 1. The standard InChI is InChI=1S/C15H21N5O/c1-11-17-15(20-19-11)12-7-4-5-8-13(12)18-14(21)9-3-2-6-10-16/h4-5,7-8H,2-3,6,9-10,16H2,1H3,(H,18,21)(H,17,19,20). The highest BCUT2D eigenvalue weighted by Gasteiger charge is 2.11. The van der Waals surface area contributed by atoms with E-state index in [1.165, 1.54) is 0 Å². The summed E-state index contributed by atoms with van der Waals surface area (Å²) in [7, 11) is 0. The van der Waals surface area contributed by atoms with Crippen molar-refractivity contribution in [3.8, 4) is 11.4 Å². The molecule has 6 nitrogen and oxygen atoms in total. The minimum atomic E-state index is 0.00623. The summed E-state index contributed by atoms with van der Waals surface area (Å²) in [6, 6.07) is 7.54. The Hall–Kier alpha value is -2.21. The first kappa shape index (κ1) is 15.2. The van der Waals surface area contributed by atoms with Crippen molar-refractivity contribution >= 4 is 11.6 Å². The predicted octanol–water partition coefficient (Wildman–Crippen LogP) is 2.24. The Balaban J connectivity index is 2.02. The van der Waals surface area contributed by atoms with E-state index in [9.17, 15) is 4.79 Å². The van der Waals surface area contributed by atoms with Gasteiger partial charge in [0.05, 0.1) is 5.69 Å². The fourth-order valence-electron chi connectivity index (χ4n) is 2.07. The number of aryl methyl sites for hydroxylation is 1. The molecule has 0 aliphatic rings. The molecule has 0 aliphatic heterocycles. The van der Waals surface area contributed by atoms with Crippen molar-refractivity contribution in [3.05, 3.63) is 30.1 Å². The van der Waals surface area contributed by atoms with E-state index in [1.807, 2.05) is 31.2 Å². The zero-order valence-corrected chi connectivity index (χ0v) is 12.2. The first-order chi connectivity index (χ1) is 10.2. The van der Waals surface area contributed by atoms with E-state index in [-0.39, 0.29) is 5.91 Å². The summed E-state index contributed by atoms with van der Waals surface area (Å²) < 4.78 is 0. The molecule has 0 bridgehead atoms. The molecule has 6 heteroatoms. The van der Waals surface area contributed by atoms with Gasteiger partial charge in [0.25, 0.3) is 0 Å². The molecule has 0 aliphatic carbocycles. The number of unbranched alkanes of at least 4 members (excludes halogenated alkanes) is 2. The van der Waals surface area contributed by atoms with Crippen molar-refractivity contribution in [2.45, 2.75) is 32.6 Å². The Morgan fingerprint density at radius 1 is 1.29 bits per heavy atom. The summed E-state index contributed by atoms with van der Waals surface area (Å²) in [4.78, 5) is 16.3. The van der Waals surface area contributed by atoms with Gasteiger partial charge in [-0.15, -0.1) is 0 Å². The van der Waals surface area contributed by atoms with Crippen LogP contribution in [0.4, 0.5) is 5.69 Å². The third-order valence-corrected chi connectivity index (χ3v) is 3.15. The predicted molar refractivity (Wildman–Crippen MR) is 82.7 cm³/mol. The maximum Gasteiger partial charge on any atom is 0.224 e. The third kappa shape index (κ3) is 4.39. The average Bonchev–Trinajstić information content (AvgIpc) is 2.91. The van der Waals surface area contributed by atoms with E-state index in [2.05, 4.69) is 20.5 Å². The van der Waals surface area contributed by atoms with Gasteiger partial charge in [0, 0.05) is 12.0 Å². The number of hydrogen-bond donors (Lipinski definition) is 3. The molecule has 1 aromatic heterocycles. The monoisotopic (exact) mass is 287 g/mol. The number of carbonyl (C=O) groups excluding carboxylic acids is 1. The van der Waals surface area contributed by atoms with Gasteiger partial charge in [0.2, 0.25) is 5.91 Å². The fourth-order valence-corrected chi connectivity index (χ4v) is 2.07. The van der Waals surface area contributed by atoms with Crippen LogP contribution in [0.15, 0.2) is 24.3 Å². The summed E-state index contributed by atoms with van der Waals surface area (Å²) >= 11 is 0. The molecule has 1 aromatic carbocycles. The molecule has 0 radical (unpaired) electrons. The van der Waals surface area contributed by atoms with E-state index in [0.29, 0.717) is 18.8 Å². The van der Waals surface area contributed by atoms with Gasteiger partial charge in [-0.25, -0.2) is 4.98 Å². The molecule has 1 heterocycles. The van der Waals surface area contributed by atoms with Crippen molar-refractivity contribution in [1.82, 2.24) is 15.2 Å². The van der Waals surface area contributed by atoms with Crippen LogP contribution in [0.25, 0.3) is 11.4 Å². The van der Waals surface area contributed by atoms with Gasteiger partial charge in [-0.1, -0.05) is 18.6 Å². The van der Waals surface area contributed by atoms with E-state index >= 15 is 0 Å². The zero-order valence-electron chi connectivity index (χ0n) is 12.2. The van der Waals surface area contributed by atoms with Crippen LogP contribution in [0, 0.1) is 6.92 Å². The number of benzene rings is 1. The molecular formula is C15H21N5O. The van der Waals surface area contributed by atoms with Crippen LogP contribution in [0.3, 0.4) is 0 Å². The van der Waals surface area contributed by atoms with Crippen LogP contribution >= 0.6 is 0 Å². The number of amides is 1. The number of nitrogens with two attached hydrogens (primary N) is 1. The highest BCUT2D eigenvalue weighted by molar-refractivity contribution is 5.94. The number of hydrogen-bond acceptors (Lipinski definition) is 4. The van der Waals surface area contributed by atoms with Crippen molar-refractivity contribution in [3.63, 3.8) is 0 Å². The normalized spacial score (nSPS) is 10.6. The highest BCUT2D eigenvalue weighted by Crippen LogP contribution is 2.24. The fraction of sp³-hybridized carbons (Fsp3) is 0.400. The molecule has 0 atom stereocenters. The third-order valence-electron chi connectivity index (χ3n) is 3.15. The lowest BCUT2D eigenvalue weighted by molar-refractivity contribution is -0.116. The molecule has 2 aromatic rings. The first-order valence-electron chi connectivity index (χ1n) is 7.19. The minimum absolute atomic E-state index is 0.00623. The number of carbonyl (C=O) groups is 1. The quantitative estimate of drug-likeness (QED) is 0.680. The second-order valence-electron chi connectivity index (χ2n) is 4.94. The Kier molecular flexibility index (Phi) is 5.45. The largest absolute Gasteiger partial charge is 0.330 e. The van der Waals surface area contributed by atoms with Gasteiger partial charge in [-0.3, -0.25) is 9.89 Å². The molecule has 1 amide bonds. The number of nitrogens with one attached hydrogen (secondary N) is 2. The number of aromatic nitrogens is 3. The Bertz CT molecular complexity index is 593. The second-order valence-corrected chi connectivity index (χ2v) is 4.94. The summed E-state index contributed by atoms with van der Waals surface area (Å²) in [6.45, 7) is 2.52. The number of aromatic amines is 1. The van der Waals surface area contributed by atoms with Crippen LogP contribution in [0.5, 0.6) is 0 Å². The number of para-hydroxylation sites is 1. The SMILES string of the molecule is Cc1nc(-c2ccccc2NC(=O)CCCCCN)n[nH]1. The van der Waals surface area contributed by atoms with E-state index in [0.717, 1.165) is 36.3 Å². The van der Waals surface area contributed by atoms with Gasteiger partial charge >= 0.3 is 0 Å². The van der Waals surface area contributed by atoms with Crippen LogP contribution < -0.4 is 11.1 Å². The molecule has 4 N–H and O–H groups in total. The lowest BCUT2D eigenvalue weighted by Gasteiger charge is -2.08. The van der Waals surface area contributed by atoms with E-state index in [4.69, 9.17) is 5.73 Å². The van der Waals surface area contributed by atoms with E-state index < -0.39 is 0 Å².